The molecule has 0 bridgehead atoms. The summed E-state index contributed by atoms with van der Waals surface area (Å²) in [4.78, 5) is 0. The Hall–Kier alpha value is -1.13. The molecule has 3 rings (SSSR count). The molecule has 0 saturated heterocycles. The molecule has 166 valence electrons. The zero-order valence-corrected chi connectivity index (χ0v) is 20.1. The van der Waals surface area contributed by atoms with Crippen LogP contribution in [0.3, 0.4) is 0 Å². The van der Waals surface area contributed by atoms with Gasteiger partial charge < -0.3 is 14.8 Å². The standard InChI is InChI=1S/C24H31Cl2NO2.ClH/c1-3-4-5-6-7-8-20-14-23(21-12-11-19(28-2)15-24(21)29-20)27-16-17-9-10-18(25)13-22(17)26;/h9-13,15,20,23,27H,3-8,14,16H2,1-2H3;1H. The molecule has 1 aliphatic rings. The fourth-order valence-electron chi connectivity index (χ4n) is 3.89. The van der Waals surface area contributed by atoms with Crippen molar-refractivity contribution in [1.29, 1.82) is 0 Å². The average molecular weight is 473 g/mol. The third-order valence-electron chi connectivity index (χ3n) is 5.57. The van der Waals surface area contributed by atoms with Crippen molar-refractivity contribution >= 4 is 35.6 Å². The number of rotatable bonds is 10. The lowest BCUT2D eigenvalue weighted by atomic mass is 9.93. The van der Waals surface area contributed by atoms with Gasteiger partial charge in [0, 0.05) is 40.7 Å². The second-order valence-electron chi connectivity index (χ2n) is 7.75. The minimum absolute atomic E-state index is 0. The average Bonchev–Trinajstić information content (AvgIpc) is 2.72. The van der Waals surface area contributed by atoms with Crippen LogP contribution in [-0.2, 0) is 6.54 Å². The number of hydrogen-bond acceptors (Lipinski definition) is 3. The SMILES string of the molecule is CCCCCCCC1CC(NCc2ccc(Cl)cc2Cl)c2ccc(OC)cc2O1.Cl. The van der Waals surface area contributed by atoms with Crippen LogP contribution in [0.5, 0.6) is 11.5 Å². The summed E-state index contributed by atoms with van der Waals surface area (Å²) in [5.74, 6) is 1.75. The fourth-order valence-corrected chi connectivity index (χ4v) is 4.37. The molecule has 3 nitrogen and oxygen atoms in total. The highest BCUT2D eigenvalue weighted by Gasteiger charge is 2.28. The molecular formula is C24H32Cl3NO2. The summed E-state index contributed by atoms with van der Waals surface area (Å²) in [6.07, 6.45) is 8.64. The summed E-state index contributed by atoms with van der Waals surface area (Å²) in [7, 11) is 1.69. The van der Waals surface area contributed by atoms with E-state index in [-0.39, 0.29) is 24.6 Å². The van der Waals surface area contributed by atoms with Crippen molar-refractivity contribution in [2.45, 2.75) is 70.6 Å². The normalized spacial score (nSPS) is 17.6. The molecular weight excluding hydrogens is 441 g/mol. The number of methoxy groups -OCH3 is 1. The summed E-state index contributed by atoms with van der Waals surface area (Å²) in [5.41, 5.74) is 2.23. The maximum atomic E-state index is 6.36. The Balaban J connectivity index is 0.00000320. The Morgan fingerprint density at radius 1 is 1.07 bits per heavy atom. The second kappa shape index (κ2) is 12.7. The summed E-state index contributed by atoms with van der Waals surface area (Å²) >= 11 is 12.4. The highest BCUT2D eigenvalue weighted by molar-refractivity contribution is 6.35. The monoisotopic (exact) mass is 471 g/mol. The number of hydrogen-bond donors (Lipinski definition) is 1. The van der Waals surface area contributed by atoms with Gasteiger partial charge in [-0.05, 0) is 36.6 Å². The summed E-state index contributed by atoms with van der Waals surface area (Å²) in [6, 6.07) is 12.0. The number of benzene rings is 2. The van der Waals surface area contributed by atoms with Gasteiger partial charge in [0.15, 0.2) is 0 Å². The third kappa shape index (κ3) is 6.95. The molecule has 0 fully saturated rings. The van der Waals surface area contributed by atoms with Gasteiger partial charge in [0.05, 0.1) is 7.11 Å². The molecule has 30 heavy (non-hydrogen) atoms. The molecule has 6 heteroatoms. The van der Waals surface area contributed by atoms with Crippen molar-refractivity contribution < 1.29 is 9.47 Å². The van der Waals surface area contributed by atoms with E-state index in [1.807, 2.05) is 24.3 Å². The highest BCUT2D eigenvalue weighted by Crippen LogP contribution is 2.39. The van der Waals surface area contributed by atoms with E-state index in [1.165, 1.54) is 37.7 Å². The first-order chi connectivity index (χ1) is 14.1. The van der Waals surface area contributed by atoms with E-state index in [4.69, 9.17) is 32.7 Å². The Kier molecular flexibility index (Phi) is 10.6. The van der Waals surface area contributed by atoms with Crippen molar-refractivity contribution in [3.63, 3.8) is 0 Å². The minimum atomic E-state index is 0. The molecule has 2 aromatic rings. The largest absolute Gasteiger partial charge is 0.497 e. The Labute approximate surface area is 196 Å². The van der Waals surface area contributed by atoms with Gasteiger partial charge in [-0.2, -0.15) is 0 Å². The van der Waals surface area contributed by atoms with E-state index >= 15 is 0 Å². The molecule has 0 aromatic heterocycles. The van der Waals surface area contributed by atoms with Gasteiger partial charge in [-0.1, -0.05) is 67.9 Å². The maximum absolute atomic E-state index is 6.36. The molecule has 2 aromatic carbocycles. The number of ether oxygens (including phenoxy) is 2. The van der Waals surface area contributed by atoms with Crippen molar-refractivity contribution in [3.05, 3.63) is 57.6 Å². The molecule has 0 aliphatic carbocycles. The molecule has 1 N–H and O–H groups in total. The number of nitrogens with one attached hydrogen (secondary N) is 1. The molecule has 1 heterocycles. The van der Waals surface area contributed by atoms with Gasteiger partial charge in [-0.3, -0.25) is 0 Å². The zero-order valence-electron chi connectivity index (χ0n) is 17.8. The van der Waals surface area contributed by atoms with Gasteiger partial charge in [0.1, 0.15) is 17.6 Å². The third-order valence-corrected chi connectivity index (χ3v) is 6.16. The first kappa shape index (κ1) is 25.1. The topological polar surface area (TPSA) is 30.5 Å². The number of unbranched alkanes of at least 4 members (excludes halogenated alkanes) is 4. The maximum Gasteiger partial charge on any atom is 0.128 e. The van der Waals surface area contributed by atoms with Crippen LogP contribution in [0.2, 0.25) is 10.0 Å². The zero-order chi connectivity index (χ0) is 20.6. The van der Waals surface area contributed by atoms with Gasteiger partial charge in [0.2, 0.25) is 0 Å². The summed E-state index contributed by atoms with van der Waals surface area (Å²) in [5, 5.41) is 5.04. The number of fused-ring (bicyclic) bond motifs is 1. The lowest BCUT2D eigenvalue weighted by molar-refractivity contribution is 0.137. The van der Waals surface area contributed by atoms with Crippen LogP contribution in [0.1, 0.15) is 69.0 Å². The van der Waals surface area contributed by atoms with Crippen LogP contribution >= 0.6 is 35.6 Å². The number of halogens is 3. The van der Waals surface area contributed by atoms with Crippen molar-refractivity contribution in [3.8, 4) is 11.5 Å². The van der Waals surface area contributed by atoms with Gasteiger partial charge in [0.25, 0.3) is 0 Å². The van der Waals surface area contributed by atoms with Gasteiger partial charge in [-0.15, -0.1) is 12.4 Å². The quantitative estimate of drug-likeness (QED) is 0.358. The van der Waals surface area contributed by atoms with Crippen LogP contribution in [0.15, 0.2) is 36.4 Å². The lowest BCUT2D eigenvalue weighted by Gasteiger charge is -2.33. The Morgan fingerprint density at radius 2 is 1.87 bits per heavy atom. The van der Waals surface area contributed by atoms with Crippen LogP contribution < -0.4 is 14.8 Å². The lowest BCUT2D eigenvalue weighted by Crippen LogP contribution is -2.33. The van der Waals surface area contributed by atoms with Crippen LogP contribution in [0.25, 0.3) is 0 Å². The minimum Gasteiger partial charge on any atom is -0.497 e. The molecule has 0 amide bonds. The van der Waals surface area contributed by atoms with Crippen molar-refractivity contribution in [2.24, 2.45) is 0 Å². The van der Waals surface area contributed by atoms with Crippen molar-refractivity contribution in [2.75, 3.05) is 7.11 Å². The molecule has 0 spiro atoms. The van der Waals surface area contributed by atoms with E-state index in [9.17, 15) is 0 Å². The van der Waals surface area contributed by atoms with Crippen molar-refractivity contribution in [1.82, 2.24) is 5.32 Å². The Bertz CT molecular complexity index is 800. The smallest absolute Gasteiger partial charge is 0.128 e. The predicted molar refractivity (Wildman–Crippen MR) is 129 cm³/mol. The first-order valence-corrected chi connectivity index (χ1v) is 11.4. The predicted octanol–water partition coefficient (Wildman–Crippen LogP) is 7.77. The fraction of sp³-hybridized carbons (Fsp3) is 0.500. The van der Waals surface area contributed by atoms with E-state index in [2.05, 4.69) is 18.3 Å². The van der Waals surface area contributed by atoms with E-state index < -0.39 is 0 Å². The van der Waals surface area contributed by atoms with E-state index in [1.54, 1.807) is 13.2 Å². The van der Waals surface area contributed by atoms with E-state index in [0.29, 0.717) is 16.6 Å². The summed E-state index contributed by atoms with van der Waals surface area (Å²) in [6.45, 7) is 2.94. The Morgan fingerprint density at radius 3 is 2.60 bits per heavy atom. The van der Waals surface area contributed by atoms with Crippen LogP contribution in [0.4, 0.5) is 0 Å². The van der Waals surface area contributed by atoms with Gasteiger partial charge in [-0.25, -0.2) is 0 Å². The molecule has 0 saturated carbocycles. The molecule has 0 radical (unpaired) electrons. The summed E-state index contributed by atoms with van der Waals surface area (Å²) < 4.78 is 11.7. The molecule has 2 unspecified atom stereocenters. The molecule has 1 aliphatic heterocycles. The highest BCUT2D eigenvalue weighted by atomic mass is 35.5. The van der Waals surface area contributed by atoms with Gasteiger partial charge >= 0.3 is 0 Å². The van der Waals surface area contributed by atoms with Crippen LogP contribution in [-0.4, -0.2) is 13.2 Å². The second-order valence-corrected chi connectivity index (χ2v) is 8.60. The molecule has 2 atom stereocenters. The van der Waals surface area contributed by atoms with E-state index in [0.717, 1.165) is 29.9 Å². The first-order valence-electron chi connectivity index (χ1n) is 10.6. The van der Waals surface area contributed by atoms with Crippen LogP contribution in [0, 0.1) is 0 Å².